The van der Waals surface area contributed by atoms with E-state index in [-0.39, 0.29) is 12.3 Å². The van der Waals surface area contributed by atoms with Gasteiger partial charge in [0.2, 0.25) is 11.0 Å². The lowest BCUT2D eigenvalue weighted by atomic mass is 9.90. The third kappa shape index (κ3) is 4.39. The first-order valence-electron chi connectivity index (χ1n) is 9.18. The van der Waals surface area contributed by atoms with Gasteiger partial charge in [0.1, 0.15) is 5.01 Å². The number of nitrogens with zero attached hydrogens (tertiary/aromatic N) is 4. The summed E-state index contributed by atoms with van der Waals surface area (Å²) in [5, 5.41) is 15.9. The van der Waals surface area contributed by atoms with E-state index in [9.17, 15) is 4.79 Å². The normalized spacial score (nSPS) is 18.8. The van der Waals surface area contributed by atoms with Gasteiger partial charge in [-0.25, -0.2) is 4.98 Å². The Labute approximate surface area is 160 Å². The van der Waals surface area contributed by atoms with Gasteiger partial charge in [-0.1, -0.05) is 30.6 Å². The number of hydrogen-bond donors (Lipinski definition) is 1. The van der Waals surface area contributed by atoms with E-state index in [4.69, 9.17) is 4.74 Å². The fourth-order valence-electron chi connectivity index (χ4n) is 3.40. The number of carbonyl (C=O) groups excluding carboxylic acids is 1. The number of amides is 1. The fraction of sp³-hybridized carbons (Fsp3) is 0.647. The lowest BCUT2D eigenvalue weighted by molar-refractivity contribution is -0.115. The van der Waals surface area contributed by atoms with Crippen molar-refractivity contribution in [3.63, 3.8) is 0 Å². The van der Waals surface area contributed by atoms with Crippen LogP contribution in [0.1, 0.15) is 48.7 Å². The molecule has 0 atom stereocenters. The van der Waals surface area contributed by atoms with Gasteiger partial charge in [-0.2, -0.15) is 0 Å². The molecule has 4 rings (SSSR count). The number of rotatable bonds is 5. The topological polar surface area (TPSA) is 80.2 Å². The van der Waals surface area contributed by atoms with Crippen LogP contribution in [0.2, 0.25) is 0 Å². The molecule has 0 aromatic carbocycles. The molecule has 1 saturated carbocycles. The second-order valence-corrected chi connectivity index (χ2v) is 8.57. The van der Waals surface area contributed by atoms with Crippen molar-refractivity contribution in [2.75, 3.05) is 36.5 Å². The summed E-state index contributed by atoms with van der Waals surface area (Å²) in [4.78, 5) is 19.1. The number of hydrogen-bond acceptors (Lipinski definition) is 8. The molecule has 2 aromatic heterocycles. The summed E-state index contributed by atoms with van der Waals surface area (Å²) < 4.78 is 5.36. The van der Waals surface area contributed by atoms with Crippen LogP contribution in [0.4, 0.5) is 10.3 Å². The Morgan fingerprint density at radius 3 is 2.85 bits per heavy atom. The molecule has 0 radical (unpaired) electrons. The molecule has 2 aliphatic rings. The Bertz CT molecular complexity index is 675. The summed E-state index contributed by atoms with van der Waals surface area (Å²) in [6.07, 6.45) is 6.48. The maximum atomic E-state index is 12.3. The van der Waals surface area contributed by atoms with Gasteiger partial charge < -0.3 is 15.0 Å². The third-order valence-corrected chi connectivity index (χ3v) is 6.76. The molecule has 7 nitrogen and oxygen atoms in total. The van der Waals surface area contributed by atoms with Crippen molar-refractivity contribution in [2.24, 2.45) is 0 Å². The molecule has 140 valence electrons. The SMILES string of the molecule is O=C(Cc1csc(N2CCOCC2)n1)Nc1nnc(C2CCCCC2)s1. The zero-order valence-electron chi connectivity index (χ0n) is 14.6. The number of aromatic nitrogens is 3. The second-order valence-electron chi connectivity index (χ2n) is 6.73. The van der Waals surface area contributed by atoms with Crippen molar-refractivity contribution in [1.82, 2.24) is 15.2 Å². The van der Waals surface area contributed by atoms with Gasteiger partial charge in [0, 0.05) is 24.4 Å². The van der Waals surface area contributed by atoms with Crippen LogP contribution in [0.5, 0.6) is 0 Å². The summed E-state index contributed by atoms with van der Waals surface area (Å²) in [5.41, 5.74) is 0.797. The molecule has 9 heteroatoms. The molecule has 26 heavy (non-hydrogen) atoms. The maximum absolute atomic E-state index is 12.3. The van der Waals surface area contributed by atoms with Crippen LogP contribution in [0, 0.1) is 0 Å². The van der Waals surface area contributed by atoms with E-state index in [1.54, 1.807) is 11.3 Å². The van der Waals surface area contributed by atoms with Gasteiger partial charge in [0.15, 0.2) is 5.13 Å². The van der Waals surface area contributed by atoms with E-state index in [1.165, 1.54) is 43.4 Å². The van der Waals surface area contributed by atoms with Gasteiger partial charge in [0.05, 0.1) is 25.3 Å². The number of morpholine rings is 1. The van der Waals surface area contributed by atoms with Crippen LogP contribution in [-0.2, 0) is 16.0 Å². The quantitative estimate of drug-likeness (QED) is 0.841. The average Bonchev–Trinajstić information content (AvgIpc) is 3.33. The van der Waals surface area contributed by atoms with Gasteiger partial charge in [-0.3, -0.25) is 4.79 Å². The average molecular weight is 394 g/mol. The van der Waals surface area contributed by atoms with Crippen LogP contribution in [-0.4, -0.2) is 47.4 Å². The molecule has 1 amide bonds. The van der Waals surface area contributed by atoms with E-state index in [1.807, 2.05) is 5.38 Å². The minimum atomic E-state index is -0.0878. The monoisotopic (exact) mass is 393 g/mol. The molecule has 3 heterocycles. The van der Waals surface area contributed by atoms with Crippen LogP contribution in [0.15, 0.2) is 5.38 Å². The summed E-state index contributed by atoms with van der Waals surface area (Å²) in [7, 11) is 0. The standard InChI is InChI=1S/C17H23N5O2S2/c23-14(10-13-11-25-17(18-13)22-6-8-24-9-7-22)19-16-21-20-15(26-16)12-4-2-1-3-5-12/h11-12H,1-10H2,(H,19,21,23). The third-order valence-electron chi connectivity index (χ3n) is 4.80. The first kappa shape index (κ1) is 17.8. The van der Waals surface area contributed by atoms with E-state index in [2.05, 4.69) is 25.4 Å². The zero-order valence-corrected chi connectivity index (χ0v) is 16.3. The largest absolute Gasteiger partial charge is 0.378 e. The lowest BCUT2D eigenvalue weighted by Gasteiger charge is -2.26. The molecule has 0 unspecified atom stereocenters. The van der Waals surface area contributed by atoms with E-state index in [0.29, 0.717) is 11.0 Å². The number of anilines is 2. The summed E-state index contributed by atoms with van der Waals surface area (Å²) in [6, 6.07) is 0. The Balaban J connectivity index is 1.31. The Hall–Kier alpha value is -1.58. The predicted molar refractivity (Wildman–Crippen MR) is 103 cm³/mol. The number of thiazole rings is 1. The maximum Gasteiger partial charge on any atom is 0.232 e. The van der Waals surface area contributed by atoms with E-state index >= 15 is 0 Å². The van der Waals surface area contributed by atoms with Crippen LogP contribution in [0.25, 0.3) is 0 Å². The highest BCUT2D eigenvalue weighted by Gasteiger charge is 2.21. The minimum Gasteiger partial charge on any atom is -0.378 e. The highest BCUT2D eigenvalue weighted by Crippen LogP contribution is 2.35. The van der Waals surface area contributed by atoms with Crippen molar-refractivity contribution >= 4 is 38.8 Å². The molecular formula is C17H23N5O2S2. The minimum absolute atomic E-state index is 0.0878. The van der Waals surface area contributed by atoms with Crippen molar-refractivity contribution in [3.8, 4) is 0 Å². The molecule has 0 bridgehead atoms. The van der Waals surface area contributed by atoms with Crippen LogP contribution in [0.3, 0.4) is 0 Å². The van der Waals surface area contributed by atoms with Gasteiger partial charge in [-0.05, 0) is 12.8 Å². The number of ether oxygens (including phenoxy) is 1. The summed E-state index contributed by atoms with van der Waals surface area (Å²) in [5.74, 6) is 0.427. The first-order chi connectivity index (χ1) is 12.8. The van der Waals surface area contributed by atoms with Crippen molar-refractivity contribution in [2.45, 2.75) is 44.4 Å². The van der Waals surface area contributed by atoms with Gasteiger partial charge in [0.25, 0.3) is 0 Å². The number of nitrogens with one attached hydrogen (secondary N) is 1. The smallest absolute Gasteiger partial charge is 0.232 e. The Morgan fingerprint density at radius 1 is 1.23 bits per heavy atom. The molecule has 0 spiro atoms. The van der Waals surface area contributed by atoms with E-state index in [0.717, 1.165) is 42.1 Å². The van der Waals surface area contributed by atoms with Crippen molar-refractivity contribution in [1.29, 1.82) is 0 Å². The number of carbonyl (C=O) groups is 1. The molecule has 1 N–H and O–H groups in total. The van der Waals surface area contributed by atoms with Crippen molar-refractivity contribution in [3.05, 3.63) is 16.1 Å². The lowest BCUT2D eigenvalue weighted by Crippen LogP contribution is -2.36. The molecule has 1 aliphatic heterocycles. The van der Waals surface area contributed by atoms with Gasteiger partial charge >= 0.3 is 0 Å². The summed E-state index contributed by atoms with van der Waals surface area (Å²) in [6.45, 7) is 3.17. The highest BCUT2D eigenvalue weighted by atomic mass is 32.1. The molecule has 2 aromatic rings. The van der Waals surface area contributed by atoms with Gasteiger partial charge in [-0.15, -0.1) is 21.5 Å². The Morgan fingerprint density at radius 2 is 2.04 bits per heavy atom. The highest BCUT2D eigenvalue weighted by molar-refractivity contribution is 7.15. The van der Waals surface area contributed by atoms with Crippen molar-refractivity contribution < 1.29 is 9.53 Å². The zero-order chi connectivity index (χ0) is 17.8. The molecule has 1 saturated heterocycles. The fourth-order valence-corrected chi connectivity index (χ4v) is 5.21. The Kier molecular flexibility index (Phi) is 5.76. The second kappa shape index (κ2) is 8.41. The van der Waals surface area contributed by atoms with Crippen LogP contribution < -0.4 is 10.2 Å². The summed E-state index contributed by atoms with van der Waals surface area (Å²) >= 11 is 3.09. The molecule has 2 fully saturated rings. The van der Waals surface area contributed by atoms with Crippen LogP contribution >= 0.6 is 22.7 Å². The molecular weight excluding hydrogens is 370 g/mol. The molecule has 1 aliphatic carbocycles. The first-order valence-corrected chi connectivity index (χ1v) is 10.9. The van der Waals surface area contributed by atoms with E-state index < -0.39 is 0 Å². The predicted octanol–water partition coefficient (Wildman–Crippen LogP) is 3.06.